The van der Waals surface area contributed by atoms with Gasteiger partial charge in [0.05, 0.1) is 6.04 Å². The second-order valence-electron chi connectivity index (χ2n) is 4.28. The summed E-state index contributed by atoms with van der Waals surface area (Å²) in [6.45, 7) is 1.91. The van der Waals surface area contributed by atoms with Crippen LogP contribution >= 0.6 is 11.6 Å². The van der Waals surface area contributed by atoms with Crippen LogP contribution in [0.4, 0.5) is 10.2 Å². The summed E-state index contributed by atoms with van der Waals surface area (Å²) in [5, 5.41) is 18.7. The molecule has 0 aliphatic heterocycles. The first kappa shape index (κ1) is 12.7. The van der Waals surface area contributed by atoms with E-state index in [1.807, 2.05) is 6.92 Å². The van der Waals surface area contributed by atoms with Crippen molar-refractivity contribution in [2.45, 2.75) is 13.0 Å². The molecule has 2 heterocycles. The highest BCUT2D eigenvalue weighted by atomic mass is 35.5. The molecule has 0 spiro atoms. The topological polar surface area (TPSA) is 68.0 Å². The zero-order valence-corrected chi connectivity index (χ0v) is 11.2. The summed E-state index contributed by atoms with van der Waals surface area (Å²) in [7, 11) is 0. The van der Waals surface area contributed by atoms with Crippen molar-refractivity contribution in [3.8, 4) is 0 Å². The van der Waals surface area contributed by atoms with Crippen LogP contribution in [-0.4, -0.2) is 25.3 Å². The maximum atomic E-state index is 13.0. The molecule has 0 aliphatic carbocycles. The minimum Gasteiger partial charge on any atom is -0.362 e. The number of nitrogens with zero attached hydrogens (tertiary/aromatic N) is 5. The smallest absolute Gasteiger partial charge is 0.200 e. The average molecular weight is 293 g/mol. The molecule has 20 heavy (non-hydrogen) atoms. The molecule has 6 nitrogen and oxygen atoms in total. The van der Waals surface area contributed by atoms with Crippen molar-refractivity contribution in [1.29, 1.82) is 0 Å². The number of rotatable bonds is 3. The van der Waals surface area contributed by atoms with Crippen molar-refractivity contribution in [3.05, 3.63) is 46.7 Å². The van der Waals surface area contributed by atoms with Crippen LogP contribution in [0.3, 0.4) is 0 Å². The zero-order chi connectivity index (χ0) is 14.1. The van der Waals surface area contributed by atoms with E-state index in [4.69, 9.17) is 11.6 Å². The van der Waals surface area contributed by atoms with E-state index in [2.05, 4.69) is 25.9 Å². The molecule has 0 saturated carbocycles. The average Bonchev–Trinajstić information content (AvgIpc) is 2.85. The monoisotopic (exact) mass is 292 g/mol. The van der Waals surface area contributed by atoms with Gasteiger partial charge in [-0.25, -0.2) is 4.39 Å². The summed E-state index contributed by atoms with van der Waals surface area (Å²) in [5.74, 6) is 0.233. The van der Waals surface area contributed by atoms with E-state index in [1.165, 1.54) is 16.8 Å². The second-order valence-corrected chi connectivity index (χ2v) is 4.68. The number of benzene rings is 1. The Labute approximate surface area is 118 Å². The fourth-order valence-electron chi connectivity index (χ4n) is 1.88. The molecule has 3 rings (SSSR count). The quantitative estimate of drug-likeness (QED) is 0.803. The van der Waals surface area contributed by atoms with Crippen molar-refractivity contribution < 1.29 is 4.39 Å². The van der Waals surface area contributed by atoms with Gasteiger partial charge in [-0.2, -0.15) is 0 Å². The molecular weight excluding hydrogens is 283 g/mol. The number of fused-ring (bicyclic) bond motifs is 1. The molecule has 1 aromatic carbocycles. The summed E-state index contributed by atoms with van der Waals surface area (Å²) in [6, 6.07) is 7.67. The van der Waals surface area contributed by atoms with Crippen molar-refractivity contribution in [2.75, 3.05) is 5.32 Å². The van der Waals surface area contributed by atoms with E-state index in [1.54, 1.807) is 18.2 Å². The van der Waals surface area contributed by atoms with E-state index in [9.17, 15) is 4.39 Å². The van der Waals surface area contributed by atoms with Gasteiger partial charge in [0.25, 0.3) is 0 Å². The van der Waals surface area contributed by atoms with Gasteiger partial charge in [0, 0.05) is 5.02 Å². The van der Waals surface area contributed by atoms with E-state index in [0.717, 1.165) is 5.56 Å². The first-order valence-corrected chi connectivity index (χ1v) is 6.28. The molecule has 0 bridgehead atoms. The number of anilines is 1. The van der Waals surface area contributed by atoms with Gasteiger partial charge < -0.3 is 5.32 Å². The van der Waals surface area contributed by atoms with E-state index < -0.39 is 0 Å². The van der Waals surface area contributed by atoms with Gasteiger partial charge in [0.15, 0.2) is 5.65 Å². The Bertz CT molecular complexity index is 759. The number of tetrazole rings is 1. The summed E-state index contributed by atoms with van der Waals surface area (Å²) < 4.78 is 14.4. The van der Waals surface area contributed by atoms with Gasteiger partial charge in [0.2, 0.25) is 0 Å². The fraction of sp³-hybridized carbons (Fsp3) is 0.167. The predicted octanol–water partition coefficient (Wildman–Crippen LogP) is 2.48. The Morgan fingerprint density at radius 3 is 2.95 bits per heavy atom. The lowest BCUT2D eigenvalue weighted by Crippen LogP contribution is -2.10. The standard InChI is InChI=1S/C12H10ClFN6/c1-7(9-3-2-8(14)6-10(9)13)15-11-4-5-12-16-18-19-20(12)17-11/h2-7H,1H3,(H,15,17). The van der Waals surface area contributed by atoms with Crippen LogP contribution in [0.2, 0.25) is 5.02 Å². The van der Waals surface area contributed by atoms with Crippen LogP contribution in [0, 0.1) is 5.82 Å². The third kappa shape index (κ3) is 2.39. The normalized spacial score (nSPS) is 12.6. The van der Waals surface area contributed by atoms with Gasteiger partial charge in [-0.3, -0.25) is 0 Å². The largest absolute Gasteiger partial charge is 0.362 e. The molecule has 0 aliphatic rings. The molecule has 0 amide bonds. The maximum absolute atomic E-state index is 13.0. The molecule has 1 N–H and O–H groups in total. The number of nitrogens with one attached hydrogen (secondary N) is 1. The number of hydrogen-bond donors (Lipinski definition) is 1. The van der Waals surface area contributed by atoms with Gasteiger partial charge in [0.1, 0.15) is 11.6 Å². The lowest BCUT2D eigenvalue weighted by atomic mass is 10.1. The zero-order valence-electron chi connectivity index (χ0n) is 10.5. The van der Waals surface area contributed by atoms with E-state index >= 15 is 0 Å². The maximum Gasteiger partial charge on any atom is 0.200 e. The summed E-state index contributed by atoms with van der Waals surface area (Å²) in [4.78, 5) is 0. The second kappa shape index (κ2) is 5.01. The van der Waals surface area contributed by atoms with Crippen molar-refractivity contribution >= 4 is 23.1 Å². The number of hydrogen-bond acceptors (Lipinski definition) is 5. The Morgan fingerprint density at radius 1 is 1.30 bits per heavy atom. The molecule has 102 valence electrons. The highest BCUT2D eigenvalue weighted by Crippen LogP contribution is 2.26. The summed E-state index contributed by atoms with van der Waals surface area (Å²) in [5.41, 5.74) is 1.34. The van der Waals surface area contributed by atoms with E-state index in [-0.39, 0.29) is 11.9 Å². The van der Waals surface area contributed by atoms with Crippen molar-refractivity contribution in [2.24, 2.45) is 0 Å². The first-order valence-electron chi connectivity index (χ1n) is 5.90. The van der Waals surface area contributed by atoms with Gasteiger partial charge in [-0.1, -0.05) is 17.7 Å². The van der Waals surface area contributed by atoms with Crippen LogP contribution < -0.4 is 5.32 Å². The molecule has 2 aromatic heterocycles. The van der Waals surface area contributed by atoms with E-state index in [0.29, 0.717) is 16.5 Å². The fourth-order valence-corrected chi connectivity index (χ4v) is 2.21. The molecule has 0 radical (unpaired) electrons. The number of halogens is 2. The highest BCUT2D eigenvalue weighted by Gasteiger charge is 2.11. The van der Waals surface area contributed by atoms with Crippen LogP contribution in [0.15, 0.2) is 30.3 Å². The van der Waals surface area contributed by atoms with Crippen LogP contribution in [-0.2, 0) is 0 Å². The predicted molar refractivity (Wildman–Crippen MR) is 72.0 cm³/mol. The molecule has 0 fully saturated rings. The SMILES string of the molecule is CC(Nc1ccc2nnnn2n1)c1ccc(F)cc1Cl. The molecule has 8 heteroatoms. The van der Waals surface area contributed by atoms with Crippen molar-refractivity contribution in [3.63, 3.8) is 0 Å². The third-order valence-corrected chi connectivity index (χ3v) is 3.19. The Balaban J connectivity index is 1.85. The highest BCUT2D eigenvalue weighted by molar-refractivity contribution is 6.31. The third-order valence-electron chi connectivity index (χ3n) is 2.86. The first-order chi connectivity index (χ1) is 9.63. The number of aromatic nitrogens is 5. The van der Waals surface area contributed by atoms with Gasteiger partial charge in [-0.05, 0) is 47.2 Å². The van der Waals surface area contributed by atoms with Crippen LogP contribution in [0.25, 0.3) is 5.65 Å². The minimum absolute atomic E-state index is 0.135. The Kier molecular flexibility index (Phi) is 3.19. The Morgan fingerprint density at radius 2 is 2.15 bits per heavy atom. The molecule has 0 saturated heterocycles. The molecular formula is C12H10ClFN6. The summed E-state index contributed by atoms with van der Waals surface area (Å²) >= 11 is 6.03. The van der Waals surface area contributed by atoms with Crippen LogP contribution in [0.5, 0.6) is 0 Å². The Hall–Kier alpha value is -2.28. The molecule has 1 atom stereocenters. The molecule has 3 aromatic rings. The minimum atomic E-state index is -0.362. The lowest BCUT2D eigenvalue weighted by Gasteiger charge is -2.16. The summed E-state index contributed by atoms with van der Waals surface area (Å²) in [6.07, 6.45) is 0. The van der Waals surface area contributed by atoms with Gasteiger partial charge >= 0.3 is 0 Å². The molecule has 1 unspecified atom stereocenters. The van der Waals surface area contributed by atoms with Crippen LogP contribution in [0.1, 0.15) is 18.5 Å². The van der Waals surface area contributed by atoms with Gasteiger partial charge in [-0.15, -0.1) is 14.8 Å². The lowest BCUT2D eigenvalue weighted by molar-refractivity contribution is 0.626. The van der Waals surface area contributed by atoms with Crippen molar-refractivity contribution in [1.82, 2.24) is 25.3 Å².